The number of hydrogen-bond donors (Lipinski definition) is 1. The summed E-state index contributed by atoms with van der Waals surface area (Å²) in [4.78, 5) is 22.3. The Hall–Kier alpha value is -1.64. The van der Waals surface area contributed by atoms with Gasteiger partial charge in [-0.3, -0.25) is 9.59 Å². The van der Waals surface area contributed by atoms with E-state index in [-0.39, 0.29) is 22.7 Å². The summed E-state index contributed by atoms with van der Waals surface area (Å²) in [7, 11) is 0. The number of carbonyl (C=O) groups excluding carboxylic acids is 2. The Kier molecular flexibility index (Phi) is 3.61. The van der Waals surface area contributed by atoms with Gasteiger partial charge in [-0.2, -0.15) is 0 Å². The molecule has 0 saturated heterocycles. The van der Waals surface area contributed by atoms with Crippen molar-refractivity contribution in [2.24, 2.45) is 0 Å². The number of aryl methyl sites for hydroxylation is 1. The van der Waals surface area contributed by atoms with Gasteiger partial charge in [-0.1, -0.05) is 6.92 Å². The molecule has 0 unspecified atom stereocenters. The lowest BCUT2D eigenvalue weighted by Crippen LogP contribution is -2.01. The first-order valence-electron chi connectivity index (χ1n) is 4.92. The summed E-state index contributed by atoms with van der Waals surface area (Å²) in [5, 5.41) is 9.66. The van der Waals surface area contributed by atoms with E-state index in [1.807, 2.05) is 6.92 Å². The van der Waals surface area contributed by atoms with Crippen molar-refractivity contribution in [3.8, 4) is 5.75 Å². The molecule has 0 saturated carbocycles. The van der Waals surface area contributed by atoms with Crippen LogP contribution in [-0.4, -0.2) is 17.2 Å². The fourth-order valence-electron chi connectivity index (χ4n) is 1.47. The largest absolute Gasteiger partial charge is 0.506 e. The van der Waals surface area contributed by atoms with Gasteiger partial charge in [-0.05, 0) is 31.0 Å². The van der Waals surface area contributed by atoms with Crippen LogP contribution in [0.4, 0.5) is 0 Å². The fourth-order valence-corrected chi connectivity index (χ4v) is 1.47. The molecule has 1 aromatic rings. The average molecular weight is 206 g/mol. The van der Waals surface area contributed by atoms with E-state index >= 15 is 0 Å². The molecule has 0 radical (unpaired) electrons. The number of rotatable bonds is 4. The molecule has 15 heavy (non-hydrogen) atoms. The third-order valence-electron chi connectivity index (χ3n) is 2.19. The second kappa shape index (κ2) is 4.73. The molecule has 0 atom stereocenters. The van der Waals surface area contributed by atoms with E-state index in [4.69, 9.17) is 0 Å². The summed E-state index contributed by atoms with van der Waals surface area (Å²) < 4.78 is 0. The van der Waals surface area contributed by atoms with Crippen LogP contribution in [0.3, 0.4) is 0 Å². The number of benzene rings is 1. The van der Waals surface area contributed by atoms with Crippen LogP contribution in [0.1, 0.15) is 46.0 Å². The van der Waals surface area contributed by atoms with Gasteiger partial charge in [-0.25, -0.2) is 0 Å². The van der Waals surface area contributed by atoms with Gasteiger partial charge >= 0.3 is 0 Å². The third kappa shape index (κ3) is 2.43. The van der Waals surface area contributed by atoms with E-state index in [2.05, 4.69) is 0 Å². The summed E-state index contributed by atoms with van der Waals surface area (Å²) in [5.41, 5.74) is 1.22. The number of phenolic OH excluding ortho intramolecular Hbond substituents is 1. The van der Waals surface area contributed by atoms with E-state index in [1.54, 1.807) is 19.1 Å². The van der Waals surface area contributed by atoms with Crippen LogP contribution < -0.4 is 0 Å². The van der Waals surface area contributed by atoms with Gasteiger partial charge in [0.25, 0.3) is 0 Å². The van der Waals surface area contributed by atoms with Crippen molar-refractivity contribution in [3.05, 3.63) is 28.8 Å². The van der Waals surface area contributed by atoms with Gasteiger partial charge in [0.05, 0.1) is 11.1 Å². The van der Waals surface area contributed by atoms with Crippen molar-refractivity contribution in [3.63, 3.8) is 0 Å². The molecule has 0 heterocycles. The predicted molar refractivity (Wildman–Crippen MR) is 57.5 cm³/mol. The molecule has 0 bridgehead atoms. The maximum Gasteiger partial charge on any atom is 0.166 e. The van der Waals surface area contributed by atoms with Crippen LogP contribution in [0.5, 0.6) is 5.75 Å². The Morgan fingerprint density at radius 3 is 2.67 bits per heavy atom. The SMILES string of the molecule is CCCC(=O)c1cc(C)cc(C=O)c1O. The highest BCUT2D eigenvalue weighted by Gasteiger charge is 2.14. The van der Waals surface area contributed by atoms with E-state index in [1.165, 1.54) is 0 Å². The molecule has 3 heteroatoms. The Balaban J connectivity index is 3.22. The average Bonchev–Trinajstić information content (AvgIpc) is 2.21. The first-order chi connectivity index (χ1) is 7.10. The first kappa shape index (κ1) is 11.4. The predicted octanol–water partition coefficient (Wildman–Crippen LogP) is 2.50. The lowest BCUT2D eigenvalue weighted by molar-refractivity contribution is 0.0979. The van der Waals surface area contributed by atoms with Crippen LogP contribution in [-0.2, 0) is 0 Å². The highest BCUT2D eigenvalue weighted by molar-refractivity contribution is 6.01. The zero-order valence-electron chi connectivity index (χ0n) is 8.91. The van der Waals surface area contributed by atoms with Gasteiger partial charge in [0, 0.05) is 6.42 Å². The fraction of sp³-hybridized carbons (Fsp3) is 0.333. The molecular formula is C12H14O3. The van der Waals surface area contributed by atoms with Gasteiger partial charge < -0.3 is 5.11 Å². The highest BCUT2D eigenvalue weighted by Crippen LogP contribution is 2.24. The van der Waals surface area contributed by atoms with Crippen molar-refractivity contribution in [2.75, 3.05) is 0 Å². The Morgan fingerprint density at radius 2 is 2.13 bits per heavy atom. The zero-order valence-corrected chi connectivity index (χ0v) is 8.91. The number of hydrogen-bond acceptors (Lipinski definition) is 3. The minimum absolute atomic E-state index is 0.123. The van der Waals surface area contributed by atoms with E-state index in [9.17, 15) is 14.7 Å². The molecule has 0 aliphatic rings. The molecule has 0 aliphatic carbocycles. The van der Waals surface area contributed by atoms with Crippen molar-refractivity contribution in [1.29, 1.82) is 0 Å². The Morgan fingerprint density at radius 1 is 1.47 bits per heavy atom. The number of carbonyl (C=O) groups is 2. The lowest BCUT2D eigenvalue weighted by Gasteiger charge is -2.06. The summed E-state index contributed by atoms with van der Waals surface area (Å²) >= 11 is 0. The van der Waals surface area contributed by atoms with Gasteiger partial charge in [0.2, 0.25) is 0 Å². The number of aldehydes is 1. The molecule has 1 rings (SSSR count). The second-order valence-corrected chi connectivity index (χ2v) is 3.54. The maximum absolute atomic E-state index is 11.6. The van der Waals surface area contributed by atoms with Crippen molar-refractivity contribution in [1.82, 2.24) is 0 Å². The lowest BCUT2D eigenvalue weighted by atomic mass is 10.00. The topological polar surface area (TPSA) is 54.4 Å². The van der Waals surface area contributed by atoms with Crippen molar-refractivity contribution < 1.29 is 14.7 Å². The van der Waals surface area contributed by atoms with E-state index in [0.29, 0.717) is 12.7 Å². The van der Waals surface area contributed by atoms with E-state index < -0.39 is 0 Å². The minimum atomic E-state index is -0.200. The smallest absolute Gasteiger partial charge is 0.166 e. The molecule has 1 aromatic carbocycles. The van der Waals surface area contributed by atoms with Crippen molar-refractivity contribution >= 4 is 12.1 Å². The molecule has 0 spiro atoms. The molecule has 0 amide bonds. The monoisotopic (exact) mass is 206 g/mol. The molecule has 0 aromatic heterocycles. The number of aromatic hydroxyl groups is 1. The Bertz CT molecular complexity index is 394. The summed E-state index contributed by atoms with van der Waals surface area (Å²) in [5.74, 6) is -0.323. The summed E-state index contributed by atoms with van der Waals surface area (Å²) in [6, 6.07) is 3.17. The molecule has 0 fully saturated rings. The minimum Gasteiger partial charge on any atom is -0.506 e. The zero-order chi connectivity index (χ0) is 11.4. The highest BCUT2D eigenvalue weighted by atomic mass is 16.3. The van der Waals surface area contributed by atoms with E-state index in [0.717, 1.165) is 12.0 Å². The third-order valence-corrected chi connectivity index (χ3v) is 2.19. The van der Waals surface area contributed by atoms with Gasteiger partial charge in [-0.15, -0.1) is 0 Å². The van der Waals surface area contributed by atoms with Gasteiger partial charge in [0.15, 0.2) is 12.1 Å². The second-order valence-electron chi connectivity index (χ2n) is 3.54. The van der Waals surface area contributed by atoms with Gasteiger partial charge in [0.1, 0.15) is 5.75 Å². The summed E-state index contributed by atoms with van der Waals surface area (Å²) in [6.07, 6.45) is 1.67. The van der Waals surface area contributed by atoms with Crippen molar-refractivity contribution in [2.45, 2.75) is 26.7 Å². The molecule has 3 nitrogen and oxygen atoms in total. The summed E-state index contributed by atoms with van der Waals surface area (Å²) in [6.45, 7) is 3.68. The molecule has 0 aliphatic heterocycles. The number of ketones is 1. The van der Waals surface area contributed by atoms with Crippen LogP contribution in [0.2, 0.25) is 0 Å². The van der Waals surface area contributed by atoms with Crippen LogP contribution in [0.15, 0.2) is 12.1 Å². The van der Waals surface area contributed by atoms with Crippen LogP contribution in [0.25, 0.3) is 0 Å². The number of phenols is 1. The quantitative estimate of drug-likeness (QED) is 0.608. The molecular weight excluding hydrogens is 192 g/mol. The van der Waals surface area contributed by atoms with Crippen LogP contribution in [0, 0.1) is 6.92 Å². The molecule has 80 valence electrons. The first-order valence-corrected chi connectivity index (χ1v) is 4.92. The standard InChI is InChI=1S/C12H14O3/c1-3-4-11(14)10-6-8(2)5-9(7-13)12(10)15/h5-7,15H,3-4H2,1-2H3. The normalized spacial score (nSPS) is 10.0. The Labute approximate surface area is 88.7 Å². The van der Waals surface area contributed by atoms with Crippen LogP contribution >= 0.6 is 0 Å². The maximum atomic E-state index is 11.6. The molecule has 1 N–H and O–H groups in total. The number of Topliss-reactive ketones (excluding diaryl/α,β-unsaturated/α-hetero) is 1.